The lowest BCUT2D eigenvalue weighted by atomic mass is 9.98. The van der Waals surface area contributed by atoms with Crippen molar-refractivity contribution in [3.8, 4) is 0 Å². The Morgan fingerprint density at radius 2 is 1.59 bits per heavy atom. The maximum absolute atomic E-state index is 13.1. The number of carbonyl (C=O) groups is 2. The van der Waals surface area contributed by atoms with E-state index in [4.69, 9.17) is 0 Å². The first-order valence-electron chi connectivity index (χ1n) is 10.2. The molecule has 0 aromatic heterocycles. The number of methoxy groups -OCH3 is 1. The van der Waals surface area contributed by atoms with E-state index in [-0.39, 0.29) is 17.3 Å². The van der Waals surface area contributed by atoms with E-state index in [1.165, 1.54) is 35.7 Å². The molecule has 2 aromatic carbocycles. The van der Waals surface area contributed by atoms with Gasteiger partial charge in [0.1, 0.15) is 0 Å². The van der Waals surface area contributed by atoms with Gasteiger partial charge < -0.3 is 15.0 Å². The number of rotatable bonds is 6. The van der Waals surface area contributed by atoms with Crippen molar-refractivity contribution in [2.75, 3.05) is 49.8 Å². The van der Waals surface area contributed by atoms with Crippen LogP contribution in [0.2, 0.25) is 0 Å². The minimum absolute atomic E-state index is 0.105. The van der Waals surface area contributed by atoms with Crippen LogP contribution in [-0.2, 0) is 19.6 Å². The molecule has 172 valence electrons. The lowest BCUT2D eigenvalue weighted by Crippen LogP contribution is -2.43. The fraction of sp³-hybridized carbons (Fsp3) is 0.364. The summed E-state index contributed by atoms with van der Waals surface area (Å²) in [5.41, 5.74) is 2.12. The Hall–Kier alpha value is -3.11. The van der Waals surface area contributed by atoms with E-state index in [2.05, 4.69) is 15.4 Å². The molecule has 9 nitrogen and oxygen atoms in total. The minimum atomic E-state index is -3.76. The average Bonchev–Trinajstić information content (AvgIpc) is 2.79. The summed E-state index contributed by atoms with van der Waals surface area (Å²) in [7, 11) is 1.36. The molecule has 0 aliphatic carbocycles. The summed E-state index contributed by atoms with van der Waals surface area (Å²) >= 11 is 0. The Morgan fingerprint density at radius 3 is 2.19 bits per heavy atom. The molecule has 10 heteroatoms. The van der Waals surface area contributed by atoms with Crippen LogP contribution in [0.4, 0.5) is 21.9 Å². The second kappa shape index (κ2) is 10.0. The molecular weight excluding hydrogens is 432 g/mol. The highest BCUT2D eigenvalue weighted by Gasteiger charge is 2.33. The number of amides is 2. The summed E-state index contributed by atoms with van der Waals surface area (Å²) in [6, 6.07) is 13.3. The molecule has 2 amide bonds. The van der Waals surface area contributed by atoms with Gasteiger partial charge in [-0.15, -0.1) is 0 Å². The van der Waals surface area contributed by atoms with Crippen LogP contribution in [0.25, 0.3) is 0 Å². The highest BCUT2D eigenvalue weighted by molar-refractivity contribution is 7.89. The quantitative estimate of drug-likeness (QED) is 0.686. The number of hydrogen-bond donors (Lipinski definition) is 2. The lowest BCUT2D eigenvalue weighted by molar-refractivity contribution is -0.120. The summed E-state index contributed by atoms with van der Waals surface area (Å²) in [5.74, 6) is -0.632. The van der Waals surface area contributed by atoms with Gasteiger partial charge in [0.05, 0.1) is 17.9 Å². The van der Waals surface area contributed by atoms with Crippen molar-refractivity contribution in [1.82, 2.24) is 4.31 Å². The van der Waals surface area contributed by atoms with Gasteiger partial charge in [0.2, 0.25) is 15.9 Å². The number of nitrogens with one attached hydrogen (secondary N) is 2. The van der Waals surface area contributed by atoms with Gasteiger partial charge in [-0.3, -0.25) is 10.1 Å². The molecule has 1 unspecified atom stereocenters. The van der Waals surface area contributed by atoms with Crippen LogP contribution in [0, 0.1) is 5.92 Å². The second-order valence-electron chi connectivity index (χ2n) is 7.77. The van der Waals surface area contributed by atoms with E-state index >= 15 is 0 Å². The molecule has 1 fully saturated rings. The standard InChI is InChI=1S/C22H28N4O5S/c1-25(2)19-10-6-17(7-11-19)23-21(27)16-5-4-14-26(15-16)32(29,30)20-12-8-18(9-13-20)24-22(28)31-3/h6-13,16H,4-5,14-15H2,1-3H3,(H,23,27)(H,24,28). The summed E-state index contributed by atoms with van der Waals surface area (Å²) < 4.78 is 32.0. The van der Waals surface area contributed by atoms with Crippen molar-refractivity contribution in [1.29, 1.82) is 0 Å². The van der Waals surface area contributed by atoms with Crippen molar-refractivity contribution >= 4 is 39.1 Å². The van der Waals surface area contributed by atoms with Crippen molar-refractivity contribution in [3.05, 3.63) is 48.5 Å². The average molecular weight is 461 g/mol. The zero-order chi connectivity index (χ0) is 23.3. The molecule has 1 atom stereocenters. The van der Waals surface area contributed by atoms with Gasteiger partial charge in [0.15, 0.2) is 0 Å². The summed E-state index contributed by atoms with van der Waals surface area (Å²) in [5, 5.41) is 5.37. The molecule has 2 aromatic rings. The molecule has 0 saturated carbocycles. The molecule has 0 bridgehead atoms. The fourth-order valence-electron chi connectivity index (χ4n) is 3.49. The molecular formula is C22H28N4O5S. The maximum atomic E-state index is 13.1. The number of benzene rings is 2. The Kier molecular flexibility index (Phi) is 7.37. The van der Waals surface area contributed by atoms with E-state index in [0.29, 0.717) is 30.8 Å². The Bertz CT molecular complexity index is 1050. The number of carbonyl (C=O) groups excluding carboxylic acids is 2. The van der Waals surface area contributed by atoms with Crippen LogP contribution in [0.1, 0.15) is 12.8 Å². The molecule has 1 heterocycles. The van der Waals surface area contributed by atoms with Crippen molar-refractivity contribution in [3.63, 3.8) is 0 Å². The first kappa shape index (κ1) is 23.6. The molecule has 1 aliphatic rings. The van der Waals surface area contributed by atoms with Crippen LogP contribution in [0.5, 0.6) is 0 Å². The maximum Gasteiger partial charge on any atom is 0.411 e. The number of sulfonamides is 1. The number of ether oxygens (including phenoxy) is 1. The highest BCUT2D eigenvalue weighted by atomic mass is 32.2. The fourth-order valence-corrected chi connectivity index (χ4v) is 5.01. The van der Waals surface area contributed by atoms with Gasteiger partial charge in [-0.2, -0.15) is 4.31 Å². The highest BCUT2D eigenvalue weighted by Crippen LogP contribution is 2.26. The molecule has 0 spiro atoms. The van der Waals surface area contributed by atoms with Gasteiger partial charge in [-0.05, 0) is 61.4 Å². The van der Waals surface area contributed by atoms with Crippen LogP contribution >= 0.6 is 0 Å². The molecule has 2 N–H and O–H groups in total. The largest absolute Gasteiger partial charge is 0.453 e. The van der Waals surface area contributed by atoms with Crippen molar-refractivity contribution < 1.29 is 22.7 Å². The third-order valence-electron chi connectivity index (χ3n) is 5.33. The van der Waals surface area contributed by atoms with E-state index in [1.807, 2.05) is 43.3 Å². The van der Waals surface area contributed by atoms with Gasteiger partial charge in [-0.25, -0.2) is 13.2 Å². The monoisotopic (exact) mass is 460 g/mol. The number of piperidine rings is 1. The van der Waals surface area contributed by atoms with Gasteiger partial charge in [-0.1, -0.05) is 0 Å². The summed E-state index contributed by atoms with van der Waals surface area (Å²) in [6.45, 7) is 0.470. The van der Waals surface area contributed by atoms with Crippen LogP contribution in [0.15, 0.2) is 53.4 Å². The second-order valence-corrected chi connectivity index (χ2v) is 9.71. The predicted octanol–water partition coefficient (Wildman–Crippen LogP) is 2.97. The van der Waals surface area contributed by atoms with E-state index in [1.54, 1.807) is 0 Å². The normalized spacial score (nSPS) is 16.8. The SMILES string of the molecule is COC(=O)Nc1ccc(S(=O)(=O)N2CCCC(C(=O)Nc3ccc(N(C)C)cc3)C2)cc1. The smallest absolute Gasteiger partial charge is 0.411 e. The third-order valence-corrected chi connectivity index (χ3v) is 7.21. The number of anilines is 3. The first-order valence-corrected chi connectivity index (χ1v) is 11.7. The lowest BCUT2D eigenvalue weighted by Gasteiger charge is -2.31. The van der Waals surface area contributed by atoms with E-state index < -0.39 is 22.0 Å². The molecule has 3 rings (SSSR count). The van der Waals surface area contributed by atoms with Crippen LogP contribution in [-0.4, -0.2) is 59.0 Å². The number of hydrogen-bond acceptors (Lipinski definition) is 6. The Labute approximate surface area is 188 Å². The molecule has 0 radical (unpaired) electrons. The summed E-state index contributed by atoms with van der Waals surface area (Å²) in [6.07, 6.45) is 0.580. The molecule has 1 saturated heterocycles. The van der Waals surface area contributed by atoms with Gasteiger partial charge in [0.25, 0.3) is 0 Å². The number of nitrogens with zero attached hydrogens (tertiary/aromatic N) is 2. The van der Waals surface area contributed by atoms with Crippen LogP contribution in [0.3, 0.4) is 0 Å². The third kappa shape index (κ3) is 5.57. The van der Waals surface area contributed by atoms with Gasteiger partial charge in [0, 0.05) is 44.2 Å². The first-order chi connectivity index (χ1) is 15.2. The Morgan fingerprint density at radius 1 is 1.00 bits per heavy atom. The zero-order valence-corrected chi connectivity index (χ0v) is 19.2. The Balaban J connectivity index is 1.66. The van der Waals surface area contributed by atoms with E-state index in [9.17, 15) is 18.0 Å². The summed E-state index contributed by atoms with van der Waals surface area (Å²) in [4.78, 5) is 26.1. The van der Waals surface area contributed by atoms with Crippen LogP contribution < -0.4 is 15.5 Å². The van der Waals surface area contributed by atoms with E-state index in [0.717, 1.165) is 5.69 Å². The predicted molar refractivity (Wildman–Crippen MR) is 123 cm³/mol. The van der Waals surface area contributed by atoms with Crippen molar-refractivity contribution in [2.45, 2.75) is 17.7 Å². The van der Waals surface area contributed by atoms with Gasteiger partial charge >= 0.3 is 6.09 Å². The molecule has 1 aliphatic heterocycles. The van der Waals surface area contributed by atoms with Crippen molar-refractivity contribution in [2.24, 2.45) is 5.92 Å². The zero-order valence-electron chi connectivity index (χ0n) is 18.4. The molecule has 32 heavy (non-hydrogen) atoms. The topological polar surface area (TPSA) is 108 Å². The minimum Gasteiger partial charge on any atom is -0.453 e.